The molecule has 0 fully saturated rings. The Balaban J connectivity index is 1.99. The zero-order chi connectivity index (χ0) is 17.6. The van der Waals surface area contributed by atoms with Crippen molar-refractivity contribution < 1.29 is 9.18 Å². The highest BCUT2D eigenvalue weighted by Crippen LogP contribution is 2.20. The molecule has 0 bridgehead atoms. The van der Waals surface area contributed by atoms with Gasteiger partial charge in [-0.05, 0) is 18.2 Å². The van der Waals surface area contributed by atoms with Crippen LogP contribution in [-0.4, -0.2) is 24.7 Å². The second-order valence-corrected chi connectivity index (χ2v) is 5.71. The number of primary amides is 1. The maximum Gasteiger partial charge on any atom is 0.352 e. The third kappa shape index (κ3) is 2.38. The third-order valence-electron chi connectivity index (χ3n) is 4.07. The highest BCUT2D eigenvalue weighted by Gasteiger charge is 2.19. The fourth-order valence-electron chi connectivity index (χ4n) is 2.97. The van der Waals surface area contributed by atoms with Gasteiger partial charge in [-0.2, -0.15) is 0 Å². The van der Waals surface area contributed by atoms with Crippen LogP contribution in [-0.2, 0) is 17.9 Å². The highest BCUT2D eigenvalue weighted by atomic mass is 19.1. The van der Waals surface area contributed by atoms with Crippen molar-refractivity contribution in [2.24, 2.45) is 5.73 Å². The maximum atomic E-state index is 14.1. The normalized spacial score (nSPS) is 11.4. The summed E-state index contributed by atoms with van der Waals surface area (Å²) in [6.45, 7) is -0.106. The molecule has 0 aliphatic rings. The summed E-state index contributed by atoms with van der Waals surface area (Å²) < 4.78 is 18.2. The van der Waals surface area contributed by atoms with Gasteiger partial charge in [-0.1, -0.05) is 30.3 Å². The minimum atomic E-state index is -0.659. The molecule has 2 N–H and O–H groups in total. The van der Waals surface area contributed by atoms with E-state index in [9.17, 15) is 14.0 Å². The van der Waals surface area contributed by atoms with Gasteiger partial charge in [0, 0.05) is 5.56 Å². The number of imidazole rings is 1. The topological polar surface area (TPSA) is 87.3 Å². The molecule has 0 unspecified atom stereocenters. The molecule has 4 rings (SSSR count). The van der Waals surface area contributed by atoms with Gasteiger partial charge in [-0.15, -0.1) is 5.10 Å². The van der Waals surface area contributed by atoms with E-state index in [1.165, 1.54) is 10.5 Å². The Morgan fingerprint density at radius 3 is 2.48 bits per heavy atom. The van der Waals surface area contributed by atoms with E-state index in [1.54, 1.807) is 34.9 Å². The van der Waals surface area contributed by atoms with E-state index in [-0.39, 0.29) is 18.9 Å². The molecular formula is C17H14FN5O2. The molecule has 2 aromatic carbocycles. The molecule has 126 valence electrons. The molecule has 0 saturated carbocycles. The molecule has 4 aromatic rings. The van der Waals surface area contributed by atoms with Crippen molar-refractivity contribution in [3.05, 3.63) is 70.4 Å². The van der Waals surface area contributed by atoms with Crippen LogP contribution in [0.5, 0.6) is 0 Å². The van der Waals surface area contributed by atoms with Gasteiger partial charge in [-0.3, -0.25) is 4.79 Å². The van der Waals surface area contributed by atoms with Gasteiger partial charge in [0.2, 0.25) is 11.7 Å². The predicted octanol–water partition coefficient (Wildman–Crippen LogP) is 1.12. The lowest BCUT2D eigenvalue weighted by Crippen LogP contribution is -2.28. The second kappa shape index (κ2) is 5.59. The van der Waals surface area contributed by atoms with Crippen LogP contribution >= 0.6 is 0 Å². The van der Waals surface area contributed by atoms with E-state index < -0.39 is 11.6 Å². The Hall–Kier alpha value is -3.42. The van der Waals surface area contributed by atoms with Crippen LogP contribution in [0.1, 0.15) is 5.56 Å². The molecule has 7 nitrogen and oxygen atoms in total. The number of rotatable bonds is 4. The van der Waals surface area contributed by atoms with Gasteiger partial charge in [0.25, 0.3) is 0 Å². The summed E-state index contributed by atoms with van der Waals surface area (Å²) >= 11 is 0. The zero-order valence-electron chi connectivity index (χ0n) is 13.1. The SMILES string of the molecule is NC(=O)Cn1nc2n(Cc3ccccc3F)c3ccccc3n2c1=O. The van der Waals surface area contributed by atoms with E-state index >= 15 is 0 Å². The molecule has 0 radical (unpaired) electrons. The summed E-state index contributed by atoms with van der Waals surface area (Å²) in [7, 11) is 0. The highest BCUT2D eigenvalue weighted by molar-refractivity contribution is 5.81. The number of nitrogens with zero attached hydrogens (tertiary/aromatic N) is 4. The lowest BCUT2D eigenvalue weighted by atomic mass is 10.2. The number of carbonyl (C=O) groups is 1. The quantitative estimate of drug-likeness (QED) is 0.604. The number of hydrogen-bond donors (Lipinski definition) is 1. The van der Waals surface area contributed by atoms with E-state index in [4.69, 9.17) is 5.73 Å². The van der Waals surface area contributed by atoms with Gasteiger partial charge in [0.15, 0.2) is 0 Å². The molecule has 2 heterocycles. The van der Waals surface area contributed by atoms with Crippen LogP contribution < -0.4 is 11.4 Å². The van der Waals surface area contributed by atoms with Crippen LogP contribution in [0.2, 0.25) is 0 Å². The molecule has 0 aliphatic heterocycles. The Morgan fingerprint density at radius 2 is 1.76 bits per heavy atom. The minimum Gasteiger partial charge on any atom is -0.368 e. The van der Waals surface area contributed by atoms with Crippen molar-refractivity contribution in [3.63, 3.8) is 0 Å². The van der Waals surface area contributed by atoms with Gasteiger partial charge < -0.3 is 10.3 Å². The molecule has 0 atom stereocenters. The van der Waals surface area contributed by atoms with E-state index in [1.807, 2.05) is 12.1 Å². The standard InChI is InChI=1S/C17H14FN5O2/c18-12-6-2-1-5-11(12)9-21-13-7-3-4-8-14(13)23-16(21)20-22(17(23)25)10-15(19)24/h1-8H,9-10H2,(H2,19,24). The molecule has 1 amide bonds. The van der Waals surface area contributed by atoms with Crippen LogP contribution in [0.25, 0.3) is 16.8 Å². The van der Waals surface area contributed by atoms with E-state index in [2.05, 4.69) is 5.10 Å². The number of nitrogens with two attached hydrogens (primary N) is 1. The van der Waals surface area contributed by atoms with Crippen LogP contribution in [0.3, 0.4) is 0 Å². The van der Waals surface area contributed by atoms with Crippen molar-refractivity contribution in [2.45, 2.75) is 13.1 Å². The Morgan fingerprint density at radius 1 is 1.08 bits per heavy atom. The van der Waals surface area contributed by atoms with Gasteiger partial charge in [-0.25, -0.2) is 18.3 Å². The van der Waals surface area contributed by atoms with Gasteiger partial charge in [0.1, 0.15) is 12.4 Å². The van der Waals surface area contributed by atoms with Gasteiger partial charge in [0.05, 0.1) is 17.6 Å². The molecule has 0 saturated heterocycles. The first-order chi connectivity index (χ1) is 12.1. The fourth-order valence-corrected chi connectivity index (χ4v) is 2.97. The second-order valence-electron chi connectivity index (χ2n) is 5.71. The molecule has 2 aromatic heterocycles. The number of carbonyl (C=O) groups excluding carboxylic acids is 1. The number of halogens is 1. The Kier molecular flexibility index (Phi) is 3.38. The lowest BCUT2D eigenvalue weighted by Gasteiger charge is -2.06. The monoisotopic (exact) mass is 339 g/mol. The zero-order valence-corrected chi connectivity index (χ0v) is 13.1. The number of para-hydroxylation sites is 2. The number of benzene rings is 2. The van der Waals surface area contributed by atoms with E-state index in [0.29, 0.717) is 16.9 Å². The van der Waals surface area contributed by atoms with Crippen molar-refractivity contribution in [1.29, 1.82) is 0 Å². The average Bonchev–Trinajstić information content (AvgIpc) is 3.05. The molecular weight excluding hydrogens is 325 g/mol. The first kappa shape index (κ1) is 15.1. The average molecular weight is 339 g/mol. The van der Waals surface area contributed by atoms with Crippen molar-refractivity contribution >= 4 is 22.7 Å². The summed E-state index contributed by atoms with van der Waals surface area (Å²) in [6.07, 6.45) is 0. The summed E-state index contributed by atoms with van der Waals surface area (Å²) in [5.41, 5.74) is 6.57. The minimum absolute atomic E-state index is 0.205. The number of hydrogen-bond acceptors (Lipinski definition) is 3. The first-order valence-corrected chi connectivity index (χ1v) is 7.65. The summed E-state index contributed by atoms with van der Waals surface area (Å²) in [5, 5.41) is 4.22. The van der Waals surface area contributed by atoms with Crippen molar-refractivity contribution in [1.82, 2.24) is 18.7 Å². The van der Waals surface area contributed by atoms with Crippen molar-refractivity contribution in [2.75, 3.05) is 0 Å². The Bertz CT molecular complexity index is 1170. The molecule has 0 spiro atoms. The fraction of sp³-hybridized carbons (Fsp3) is 0.118. The van der Waals surface area contributed by atoms with Crippen LogP contribution in [0.4, 0.5) is 4.39 Å². The number of fused-ring (bicyclic) bond motifs is 3. The van der Waals surface area contributed by atoms with Gasteiger partial charge >= 0.3 is 5.69 Å². The molecule has 25 heavy (non-hydrogen) atoms. The Labute approximate surface area is 140 Å². The molecule has 8 heteroatoms. The third-order valence-corrected chi connectivity index (χ3v) is 4.07. The van der Waals surface area contributed by atoms with Crippen molar-refractivity contribution in [3.8, 4) is 0 Å². The smallest absolute Gasteiger partial charge is 0.352 e. The summed E-state index contributed by atoms with van der Waals surface area (Å²) in [4.78, 5) is 23.7. The summed E-state index contributed by atoms with van der Waals surface area (Å²) in [5.74, 6) is -0.666. The van der Waals surface area contributed by atoms with E-state index in [0.717, 1.165) is 10.2 Å². The lowest BCUT2D eigenvalue weighted by molar-refractivity contribution is -0.118. The largest absolute Gasteiger partial charge is 0.368 e. The van der Waals surface area contributed by atoms with Crippen LogP contribution in [0.15, 0.2) is 53.3 Å². The number of aromatic nitrogens is 4. The maximum absolute atomic E-state index is 14.1. The van der Waals surface area contributed by atoms with Crippen LogP contribution in [0, 0.1) is 5.82 Å². The number of amides is 1. The summed E-state index contributed by atoms with van der Waals surface area (Å²) in [6, 6.07) is 13.7. The predicted molar refractivity (Wildman–Crippen MR) is 89.6 cm³/mol. The first-order valence-electron chi connectivity index (χ1n) is 7.65. The molecule has 0 aliphatic carbocycles.